The molecule has 14 heavy (non-hydrogen) atoms. The van der Waals surface area contributed by atoms with Gasteiger partial charge in [0.25, 0.3) is 0 Å². The Morgan fingerprint density at radius 3 is 2.86 bits per heavy atom. The van der Waals surface area contributed by atoms with Crippen LogP contribution in [0.15, 0.2) is 17.5 Å². The normalized spacial score (nSPS) is 10.7. The molecule has 0 atom stereocenters. The van der Waals surface area contributed by atoms with Gasteiger partial charge in [-0.2, -0.15) is 0 Å². The largest absolute Gasteiger partial charge is 0.478 e. The number of rotatable bonds is 1. The molecule has 0 aliphatic rings. The van der Waals surface area contributed by atoms with E-state index in [9.17, 15) is 9.18 Å². The number of aromatic carboxylic acids is 1. The monoisotopic (exact) mass is 230 g/mol. The molecule has 0 saturated heterocycles. The molecule has 1 aromatic heterocycles. The van der Waals surface area contributed by atoms with Crippen LogP contribution in [0.2, 0.25) is 5.02 Å². The van der Waals surface area contributed by atoms with Gasteiger partial charge in [0.1, 0.15) is 5.82 Å². The van der Waals surface area contributed by atoms with Gasteiger partial charge in [0, 0.05) is 10.8 Å². The first-order valence-corrected chi connectivity index (χ1v) is 4.95. The zero-order valence-corrected chi connectivity index (χ0v) is 8.32. The van der Waals surface area contributed by atoms with Crippen LogP contribution in [-0.4, -0.2) is 11.1 Å². The number of benzene rings is 1. The van der Waals surface area contributed by atoms with Crippen LogP contribution in [0.3, 0.4) is 0 Å². The number of hydrogen-bond donors (Lipinski definition) is 1. The Kier molecular flexibility index (Phi) is 2.17. The molecule has 0 amide bonds. The number of carboxylic acid groups (broad SMARTS) is 1. The van der Waals surface area contributed by atoms with Crippen molar-refractivity contribution in [2.75, 3.05) is 0 Å². The molecule has 0 saturated carbocycles. The molecule has 0 radical (unpaired) electrons. The van der Waals surface area contributed by atoms with Crippen molar-refractivity contribution in [3.63, 3.8) is 0 Å². The molecule has 0 spiro atoms. The second kappa shape index (κ2) is 3.22. The van der Waals surface area contributed by atoms with E-state index >= 15 is 0 Å². The topological polar surface area (TPSA) is 37.3 Å². The van der Waals surface area contributed by atoms with Gasteiger partial charge in [-0.25, -0.2) is 9.18 Å². The summed E-state index contributed by atoms with van der Waals surface area (Å²) in [4.78, 5) is 10.8. The Bertz CT molecular complexity index is 521. The molecule has 0 aliphatic carbocycles. The van der Waals surface area contributed by atoms with Crippen molar-refractivity contribution in [2.45, 2.75) is 0 Å². The minimum atomic E-state index is -1.14. The lowest BCUT2D eigenvalue weighted by Crippen LogP contribution is -1.97. The summed E-state index contributed by atoms with van der Waals surface area (Å²) < 4.78 is 13.5. The molecule has 5 heteroatoms. The fraction of sp³-hybridized carbons (Fsp3) is 0. The van der Waals surface area contributed by atoms with Crippen molar-refractivity contribution < 1.29 is 14.3 Å². The molecule has 1 N–H and O–H groups in total. The lowest BCUT2D eigenvalue weighted by molar-refractivity contribution is 0.0699. The Morgan fingerprint density at radius 1 is 1.50 bits per heavy atom. The average Bonchev–Trinajstić information content (AvgIpc) is 2.47. The van der Waals surface area contributed by atoms with Crippen LogP contribution in [0, 0.1) is 5.82 Å². The van der Waals surface area contributed by atoms with Gasteiger partial charge in [0.05, 0.1) is 15.3 Å². The van der Waals surface area contributed by atoms with E-state index in [1.165, 1.54) is 17.5 Å². The minimum absolute atomic E-state index is 0.0296. The molecule has 0 unspecified atom stereocenters. The zero-order chi connectivity index (χ0) is 10.3. The van der Waals surface area contributed by atoms with Gasteiger partial charge in [0.15, 0.2) is 0 Å². The molecular formula is C9H4ClFO2S. The molecule has 72 valence electrons. The lowest BCUT2D eigenvalue weighted by atomic mass is 10.1. The van der Waals surface area contributed by atoms with E-state index in [0.29, 0.717) is 10.1 Å². The molecule has 0 aliphatic heterocycles. The first kappa shape index (κ1) is 9.43. The van der Waals surface area contributed by atoms with Crippen LogP contribution >= 0.6 is 22.9 Å². The standard InChI is InChI=1S/C9H4ClFO2S/c10-5-2-1-4-6(11)3-14-8(4)7(5)9(12)13/h1-3H,(H,12,13). The van der Waals surface area contributed by atoms with Crippen LogP contribution in [0.4, 0.5) is 4.39 Å². The first-order valence-electron chi connectivity index (χ1n) is 3.69. The van der Waals surface area contributed by atoms with Gasteiger partial charge in [-0.05, 0) is 12.1 Å². The summed E-state index contributed by atoms with van der Waals surface area (Å²) in [6.07, 6.45) is 0. The molecule has 1 aromatic carbocycles. The van der Waals surface area contributed by atoms with Gasteiger partial charge >= 0.3 is 5.97 Å². The minimum Gasteiger partial charge on any atom is -0.478 e. The van der Waals surface area contributed by atoms with Crippen molar-refractivity contribution >= 4 is 39.0 Å². The van der Waals surface area contributed by atoms with Gasteiger partial charge in [-0.3, -0.25) is 0 Å². The highest BCUT2D eigenvalue weighted by atomic mass is 35.5. The second-order valence-corrected chi connectivity index (χ2v) is 3.97. The van der Waals surface area contributed by atoms with Gasteiger partial charge in [0.2, 0.25) is 0 Å². The van der Waals surface area contributed by atoms with Gasteiger partial charge in [-0.15, -0.1) is 11.3 Å². The highest BCUT2D eigenvalue weighted by Gasteiger charge is 2.16. The van der Waals surface area contributed by atoms with Crippen LogP contribution in [0.1, 0.15) is 10.4 Å². The Morgan fingerprint density at radius 2 is 2.21 bits per heavy atom. The second-order valence-electron chi connectivity index (χ2n) is 2.69. The van der Waals surface area contributed by atoms with Crippen molar-refractivity contribution in [3.8, 4) is 0 Å². The summed E-state index contributed by atoms with van der Waals surface area (Å²) in [6, 6.07) is 2.87. The lowest BCUT2D eigenvalue weighted by Gasteiger charge is -1.99. The Labute approximate surface area is 87.5 Å². The van der Waals surface area contributed by atoms with E-state index in [-0.39, 0.29) is 10.6 Å². The number of halogens is 2. The van der Waals surface area contributed by atoms with E-state index in [0.717, 1.165) is 11.3 Å². The van der Waals surface area contributed by atoms with E-state index in [1.54, 1.807) is 0 Å². The number of fused-ring (bicyclic) bond motifs is 1. The summed E-state index contributed by atoms with van der Waals surface area (Å²) in [7, 11) is 0. The summed E-state index contributed by atoms with van der Waals surface area (Å²) in [5, 5.41) is 10.6. The van der Waals surface area contributed by atoms with Crippen molar-refractivity contribution in [3.05, 3.63) is 33.9 Å². The summed E-state index contributed by atoms with van der Waals surface area (Å²) in [6.45, 7) is 0. The number of carbonyl (C=O) groups is 1. The quantitative estimate of drug-likeness (QED) is 0.815. The van der Waals surface area contributed by atoms with Crippen LogP contribution in [0.5, 0.6) is 0 Å². The molecule has 1 heterocycles. The maximum absolute atomic E-state index is 13.1. The van der Waals surface area contributed by atoms with Crippen molar-refractivity contribution in [1.29, 1.82) is 0 Å². The van der Waals surface area contributed by atoms with Crippen molar-refractivity contribution in [1.82, 2.24) is 0 Å². The maximum Gasteiger partial charge on any atom is 0.338 e. The van der Waals surface area contributed by atoms with E-state index in [2.05, 4.69) is 0 Å². The third-order valence-electron chi connectivity index (χ3n) is 1.86. The Balaban J connectivity index is 2.90. The zero-order valence-electron chi connectivity index (χ0n) is 6.75. The molecule has 2 rings (SSSR count). The smallest absolute Gasteiger partial charge is 0.338 e. The maximum atomic E-state index is 13.1. The molecular weight excluding hydrogens is 227 g/mol. The predicted octanol–water partition coefficient (Wildman–Crippen LogP) is 3.39. The van der Waals surface area contributed by atoms with Gasteiger partial charge < -0.3 is 5.11 Å². The van der Waals surface area contributed by atoms with E-state index in [1.807, 2.05) is 0 Å². The SMILES string of the molecule is O=C(O)c1c(Cl)ccc2c(F)csc12. The highest BCUT2D eigenvalue weighted by Crippen LogP contribution is 2.32. The Hall–Kier alpha value is -1.13. The third-order valence-corrected chi connectivity index (χ3v) is 3.16. The molecule has 0 fully saturated rings. The van der Waals surface area contributed by atoms with Crippen LogP contribution in [0.25, 0.3) is 10.1 Å². The van der Waals surface area contributed by atoms with Crippen LogP contribution < -0.4 is 0 Å². The fourth-order valence-electron chi connectivity index (χ4n) is 1.24. The van der Waals surface area contributed by atoms with E-state index in [4.69, 9.17) is 16.7 Å². The fourth-order valence-corrected chi connectivity index (χ4v) is 2.49. The summed E-state index contributed by atoms with van der Waals surface area (Å²) >= 11 is 6.75. The average molecular weight is 231 g/mol. The predicted molar refractivity (Wildman–Crippen MR) is 53.8 cm³/mol. The number of hydrogen-bond acceptors (Lipinski definition) is 2. The van der Waals surface area contributed by atoms with Crippen molar-refractivity contribution in [2.24, 2.45) is 0 Å². The number of thiophene rings is 1. The first-order chi connectivity index (χ1) is 6.61. The molecule has 2 nitrogen and oxygen atoms in total. The summed E-state index contributed by atoms with van der Waals surface area (Å²) in [5.74, 6) is -1.55. The third kappa shape index (κ3) is 1.27. The summed E-state index contributed by atoms with van der Waals surface area (Å²) in [5.41, 5.74) is -0.0296. The van der Waals surface area contributed by atoms with E-state index < -0.39 is 11.8 Å². The highest BCUT2D eigenvalue weighted by molar-refractivity contribution is 7.17. The molecule has 0 bridgehead atoms. The number of carboxylic acids is 1. The van der Waals surface area contributed by atoms with Gasteiger partial charge in [-0.1, -0.05) is 11.6 Å². The molecule has 2 aromatic rings. The van der Waals surface area contributed by atoms with Crippen LogP contribution in [-0.2, 0) is 0 Å².